The summed E-state index contributed by atoms with van der Waals surface area (Å²) in [5.41, 5.74) is 0.791. The summed E-state index contributed by atoms with van der Waals surface area (Å²) in [5.74, 6) is -2.13. The van der Waals surface area contributed by atoms with Gasteiger partial charge in [-0.2, -0.15) is 0 Å². The molecular formula is C29H43F2N5O6. The minimum absolute atomic E-state index is 0.00888. The molecule has 1 aromatic carbocycles. The largest absolute Gasteiger partial charge is 0.394 e. The number of amides is 2. The fourth-order valence-electron chi connectivity index (χ4n) is 5.59. The third kappa shape index (κ3) is 8.03. The van der Waals surface area contributed by atoms with Crippen molar-refractivity contribution in [1.82, 2.24) is 24.6 Å². The molecule has 2 aliphatic rings. The number of halogens is 2. The number of hydrogen-bond acceptors (Lipinski definition) is 8. The molecule has 0 saturated carbocycles. The summed E-state index contributed by atoms with van der Waals surface area (Å²) in [6, 6.07) is 3.87. The lowest BCUT2D eigenvalue weighted by Crippen LogP contribution is -2.61. The highest BCUT2D eigenvalue weighted by Gasteiger charge is 2.34. The molecule has 1 aromatic heterocycles. The van der Waals surface area contributed by atoms with E-state index in [2.05, 4.69) is 17.1 Å². The fourth-order valence-corrected chi connectivity index (χ4v) is 5.59. The van der Waals surface area contributed by atoms with Gasteiger partial charge in [-0.25, -0.2) is 8.78 Å². The zero-order valence-corrected chi connectivity index (χ0v) is 24.7. The summed E-state index contributed by atoms with van der Waals surface area (Å²) < 4.78 is 45.6. The van der Waals surface area contributed by atoms with Crippen molar-refractivity contribution in [1.29, 1.82) is 0 Å². The second kappa shape index (κ2) is 15.2. The normalized spacial score (nSPS) is 21.8. The topological polar surface area (TPSA) is 109 Å². The molecule has 4 rings (SSSR count). The van der Waals surface area contributed by atoms with Gasteiger partial charge in [0.1, 0.15) is 5.69 Å². The molecule has 1 unspecified atom stereocenters. The monoisotopic (exact) mass is 595 g/mol. The molecule has 3 atom stereocenters. The van der Waals surface area contributed by atoms with Gasteiger partial charge < -0.3 is 39.0 Å². The Morgan fingerprint density at radius 1 is 0.976 bits per heavy atom. The van der Waals surface area contributed by atoms with Crippen molar-refractivity contribution in [3.05, 3.63) is 35.5 Å². The number of aliphatic hydroxyl groups is 1. The lowest BCUT2D eigenvalue weighted by Gasteiger charge is -2.43. The van der Waals surface area contributed by atoms with E-state index in [1.807, 2.05) is 11.8 Å². The number of hydrogen-bond donors (Lipinski definition) is 2. The van der Waals surface area contributed by atoms with E-state index in [0.717, 1.165) is 12.1 Å². The van der Waals surface area contributed by atoms with Gasteiger partial charge in [-0.1, -0.05) is 0 Å². The molecule has 0 spiro atoms. The predicted molar refractivity (Wildman–Crippen MR) is 152 cm³/mol. The Kier molecular flexibility index (Phi) is 11.6. The quantitative estimate of drug-likeness (QED) is 0.328. The van der Waals surface area contributed by atoms with Crippen molar-refractivity contribution in [2.45, 2.75) is 32.0 Å². The number of aliphatic hydroxyl groups excluding tert-OH is 1. The molecule has 0 bridgehead atoms. The first-order valence-corrected chi connectivity index (χ1v) is 14.5. The number of nitrogens with one attached hydrogen (secondary N) is 1. The summed E-state index contributed by atoms with van der Waals surface area (Å²) in [6.07, 6.45) is 0. The maximum Gasteiger partial charge on any atom is 0.270 e. The molecule has 2 N–H and O–H groups in total. The molecular weight excluding hydrogens is 552 g/mol. The van der Waals surface area contributed by atoms with Gasteiger partial charge in [0.15, 0.2) is 11.6 Å². The minimum Gasteiger partial charge on any atom is -0.394 e. The van der Waals surface area contributed by atoms with E-state index in [-0.39, 0.29) is 43.1 Å². The first-order valence-electron chi connectivity index (χ1n) is 14.5. The van der Waals surface area contributed by atoms with Crippen LogP contribution in [0.4, 0.5) is 8.78 Å². The average molecular weight is 596 g/mol. The van der Waals surface area contributed by atoms with E-state index in [0.29, 0.717) is 89.0 Å². The zero-order chi connectivity index (χ0) is 30.2. The summed E-state index contributed by atoms with van der Waals surface area (Å²) in [4.78, 5) is 32.5. The SMILES string of the molecule is CC1CN(C(=O)c2cc3cc(F)c(F)cc3n2C)CCN1C(=O)CN1C[C@@H](C)NC[C@@H]1COCCOCCOCCO. The van der Waals surface area contributed by atoms with Crippen molar-refractivity contribution in [3.8, 4) is 0 Å². The van der Waals surface area contributed by atoms with E-state index in [4.69, 9.17) is 19.3 Å². The Morgan fingerprint density at radius 3 is 2.38 bits per heavy atom. The highest BCUT2D eigenvalue weighted by molar-refractivity contribution is 5.99. The predicted octanol–water partition coefficient (Wildman–Crippen LogP) is 0.834. The number of carbonyl (C=O) groups excluding carboxylic acids is 2. The van der Waals surface area contributed by atoms with Crippen LogP contribution in [0.3, 0.4) is 0 Å². The van der Waals surface area contributed by atoms with Crippen molar-refractivity contribution in [2.75, 3.05) is 85.5 Å². The number of ether oxygens (including phenoxy) is 3. The van der Waals surface area contributed by atoms with E-state index in [9.17, 15) is 18.4 Å². The molecule has 2 aromatic rings. The van der Waals surface area contributed by atoms with E-state index in [1.165, 1.54) is 0 Å². The van der Waals surface area contributed by atoms with Gasteiger partial charge in [-0.3, -0.25) is 14.5 Å². The van der Waals surface area contributed by atoms with E-state index >= 15 is 0 Å². The number of rotatable bonds is 13. The molecule has 2 fully saturated rings. The first kappa shape index (κ1) is 32.2. The molecule has 234 valence electrons. The van der Waals surface area contributed by atoms with Gasteiger partial charge in [-0.05, 0) is 26.0 Å². The van der Waals surface area contributed by atoms with Crippen LogP contribution in [0.25, 0.3) is 10.9 Å². The molecule has 2 saturated heterocycles. The van der Waals surface area contributed by atoms with Crippen LogP contribution in [0.15, 0.2) is 18.2 Å². The average Bonchev–Trinajstić information content (AvgIpc) is 3.27. The third-order valence-electron chi connectivity index (χ3n) is 7.89. The summed E-state index contributed by atoms with van der Waals surface area (Å²) in [7, 11) is 1.66. The van der Waals surface area contributed by atoms with Crippen LogP contribution in [-0.2, 0) is 26.1 Å². The second-order valence-electron chi connectivity index (χ2n) is 11.0. The van der Waals surface area contributed by atoms with Crippen molar-refractivity contribution >= 4 is 22.7 Å². The van der Waals surface area contributed by atoms with Gasteiger partial charge in [0.2, 0.25) is 5.91 Å². The van der Waals surface area contributed by atoms with Crippen LogP contribution < -0.4 is 5.32 Å². The maximum absolute atomic E-state index is 13.8. The molecule has 2 aliphatic heterocycles. The number of piperazine rings is 2. The second-order valence-corrected chi connectivity index (χ2v) is 11.0. The lowest BCUT2D eigenvalue weighted by molar-refractivity contribution is -0.138. The third-order valence-corrected chi connectivity index (χ3v) is 7.89. The minimum atomic E-state index is -0.957. The first-order chi connectivity index (χ1) is 20.2. The molecule has 13 heteroatoms. The van der Waals surface area contributed by atoms with Crippen LogP contribution in [0.5, 0.6) is 0 Å². The molecule has 2 amide bonds. The Balaban J connectivity index is 1.27. The standard InChI is InChI=1S/C29H43F2N5O6/c1-20-16-35(23(15-32-20)19-42-11-10-41-9-8-40-7-6-37)18-28(38)36-5-4-34(17-21(36)2)29(39)27-13-22-12-24(30)25(31)14-26(22)33(27)3/h12-14,20-21,23,32,37H,4-11,15-19H2,1-3H3/t20-,21?,23-/m1/s1. The van der Waals surface area contributed by atoms with Crippen molar-refractivity contribution in [2.24, 2.45) is 7.05 Å². The van der Waals surface area contributed by atoms with Gasteiger partial charge in [0.25, 0.3) is 5.91 Å². The summed E-state index contributed by atoms with van der Waals surface area (Å²) in [5, 5.41) is 12.6. The molecule has 0 radical (unpaired) electrons. The van der Waals surface area contributed by atoms with Gasteiger partial charge in [-0.15, -0.1) is 0 Å². The van der Waals surface area contributed by atoms with Crippen LogP contribution in [-0.4, -0.2) is 140 Å². The fraction of sp³-hybridized carbons (Fsp3) is 0.655. The summed E-state index contributed by atoms with van der Waals surface area (Å²) >= 11 is 0. The number of nitrogens with zero attached hydrogens (tertiary/aromatic N) is 4. The molecule has 42 heavy (non-hydrogen) atoms. The molecule has 3 heterocycles. The van der Waals surface area contributed by atoms with Crippen LogP contribution >= 0.6 is 0 Å². The Bertz CT molecular complexity index is 1210. The number of benzene rings is 1. The van der Waals surface area contributed by atoms with Crippen molar-refractivity contribution in [3.63, 3.8) is 0 Å². The number of aryl methyl sites for hydroxylation is 1. The van der Waals surface area contributed by atoms with Gasteiger partial charge in [0.05, 0.1) is 58.3 Å². The van der Waals surface area contributed by atoms with Gasteiger partial charge >= 0.3 is 0 Å². The molecule has 0 aliphatic carbocycles. The zero-order valence-electron chi connectivity index (χ0n) is 24.7. The number of carbonyl (C=O) groups is 2. The van der Waals surface area contributed by atoms with Crippen molar-refractivity contribution < 1.29 is 37.7 Å². The highest BCUT2D eigenvalue weighted by Crippen LogP contribution is 2.24. The Hall–Kier alpha value is -2.68. The smallest absolute Gasteiger partial charge is 0.270 e. The van der Waals surface area contributed by atoms with Crippen LogP contribution in [0.1, 0.15) is 24.3 Å². The van der Waals surface area contributed by atoms with Gasteiger partial charge in [0, 0.05) is 69.3 Å². The highest BCUT2D eigenvalue weighted by atomic mass is 19.2. The maximum atomic E-state index is 13.8. The molecule has 11 nitrogen and oxygen atoms in total. The number of fused-ring (bicyclic) bond motifs is 1. The Morgan fingerprint density at radius 2 is 1.67 bits per heavy atom. The number of aromatic nitrogens is 1. The van der Waals surface area contributed by atoms with E-state index in [1.54, 1.807) is 22.6 Å². The van der Waals surface area contributed by atoms with Crippen LogP contribution in [0.2, 0.25) is 0 Å². The van der Waals surface area contributed by atoms with Crippen LogP contribution in [0, 0.1) is 11.6 Å². The lowest BCUT2D eigenvalue weighted by atomic mass is 10.1. The Labute approximate surface area is 245 Å². The van der Waals surface area contributed by atoms with E-state index < -0.39 is 11.6 Å². The summed E-state index contributed by atoms with van der Waals surface area (Å²) in [6.45, 7) is 9.32.